The normalized spacial score (nSPS) is 13.0. The van der Waals surface area contributed by atoms with Crippen LogP contribution in [-0.2, 0) is 5.41 Å². The standard InChI is InChI=1S/C54H36N4O2/c1-54(2)42-22-11-9-20-38(42)50-43(54)23-14-24-44(50)58(35-27-29-46-40(31-35)37-19-10-12-25-45(37)59-46)36-28-30-47-41(32-36)49-39(21-13-26-48(49)60-47)53-56-51(33-15-5-3-6-16-33)55-52(57-53)34-17-7-4-8-18-34/h3-32H,1-2H3. The highest BCUT2D eigenvalue weighted by molar-refractivity contribution is 6.13. The monoisotopic (exact) mass is 772 g/mol. The van der Waals surface area contributed by atoms with Gasteiger partial charge in [-0.1, -0.05) is 141 Å². The Labute approximate surface area is 346 Å². The average Bonchev–Trinajstić information content (AvgIpc) is 3.94. The van der Waals surface area contributed by atoms with Crippen LogP contribution in [0.5, 0.6) is 0 Å². The van der Waals surface area contributed by atoms with Crippen molar-refractivity contribution in [2.45, 2.75) is 19.3 Å². The molecular formula is C54H36N4O2. The smallest absolute Gasteiger partial charge is 0.164 e. The lowest BCUT2D eigenvalue weighted by atomic mass is 9.82. The fourth-order valence-corrected chi connectivity index (χ4v) is 9.27. The predicted octanol–water partition coefficient (Wildman–Crippen LogP) is 14.4. The molecule has 8 aromatic carbocycles. The number of para-hydroxylation sites is 1. The maximum Gasteiger partial charge on any atom is 0.164 e. The SMILES string of the molecule is CC1(C)c2ccccc2-c2c(N(c3ccc4oc5ccccc5c4c3)c3ccc4oc5cccc(-c6nc(-c7ccccc7)nc(-c7ccccc7)n6)c5c4c3)cccc21. The molecule has 284 valence electrons. The first-order valence-corrected chi connectivity index (χ1v) is 20.3. The summed E-state index contributed by atoms with van der Waals surface area (Å²) < 4.78 is 13.0. The lowest BCUT2D eigenvalue weighted by molar-refractivity contribution is 0.660. The molecule has 6 heteroatoms. The zero-order valence-corrected chi connectivity index (χ0v) is 32.9. The van der Waals surface area contributed by atoms with Crippen LogP contribution in [0, 0.1) is 0 Å². The van der Waals surface area contributed by atoms with Crippen molar-refractivity contribution in [1.29, 1.82) is 0 Å². The Morgan fingerprint density at radius 1 is 0.417 bits per heavy atom. The molecule has 0 spiro atoms. The van der Waals surface area contributed by atoms with Gasteiger partial charge in [-0.05, 0) is 71.3 Å². The number of aromatic nitrogens is 3. The van der Waals surface area contributed by atoms with Gasteiger partial charge in [0.1, 0.15) is 22.3 Å². The summed E-state index contributed by atoms with van der Waals surface area (Å²) in [4.78, 5) is 17.6. The van der Waals surface area contributed by atoms with Crippen molar-refractivity contribution in [3.8, 4) is 45.3 Å². The van der Waals surface area contributed by atoms with Gasteiger partial charge in [0.25, 0.3) is 0 Å². The second kappa shape index (κ2) is 13.1. The van der Waals surface area contributed by atoms with Gasteiger partial charge in [-0.25, -0.2) is 15.0 Å². The van der Waals surface area contributed by atoms with Crippen molar-refractivity contribution in [2.24, 2.45) is 0 Å². The molecule has 11 aromatic rings. The van der Waals surface area contributed by atoms with E-state index in [0.29, 0.717) is 17.5 Å². The number of hydrogen-bond acceptors (Lipinski definition) is 6. The molecule has 60 heavy (non-hydrogen) atoms. The maximum absolute atomic E-state index is 6.63. The summed E-state index contributed by atoms with van der Waals surface area (Å²) in [5.74, 6) is 1.80. The number of furan rings is 2. The molecule has 0 radical (unpaired) electrons. The van der Waals surface area contributed by atoms with Crippen LogP contribution >= 0.6 is 0 Å². The molecular weight excluding hydrogens is 737 g/mol. The Hall–Kier alpha value is -7.83. The third-order valence-corrected chi connectivity index (χ3v) is 12.1. The van der Waals surface area contributed by atoms with Crippen LogP contribution < -0.4 is 4.90 Å². The molecule has 0 fully saturated rings. The van der Waals surface area contributed by atoms with Crippen LogP contribution in [0.1, 0.15) is 25.0 Å². The number of benzene rings is 8. The van der Waals surface area contributed by atoms with Gasteiger partial charge in [0.15, 0.2) is 17.5 Å². The van der Waals surface area contributed by atoms with Gasteiger partial charge >= 0.3 is 0 Å². The third kappa shape index (κ3) is 5.24. The Morgan fingerprint density at radius 3 is 1.70 bits per heavy atom. The van der Waals surface area contributed by atoms with Gasteiger partial charge in [0, 0.05) is 60.6 Å². The fourth-order valence-electron chi connectivity index (χ4n) is 9.27. The van der Waals surface area contributed by atoms with Crippen LogP contribution in [0.4, 0.5) is 17.1 Å². The van der Waals surface area contributed by atoms with Crippen molar-refractivity contribution < 1.29 is 8.83 Å². The zero-order chi connectivity index (χ0) is 40.0. The molecule has 0 N–H and O–H groups in total. The number of fused-ring (bicyclic) bond motifs is 9. The minimum Gasteiger partial charge on any atom is -0.456 e. The Kier molecular flexibility index (Phi) is 7.47. The molecule has 0 saturated heterocycles. The molecule has 1 aliphatic carbocycles. The average molecular weight is 773 g/mol. The summed E-state index contributed by atoms with van der Waals surface area (Å²) in [6, 6.07) is 63.1. The second-order valence-corrected chi connectivity index (χ2v) is 16.0. The molecule has 0 amide bonds. The van der Waals surface area contributed by atoms with Crippen LogP contribution in [0.25, 0.3) is 89.2 Å². The largest absolute Gasteiger partial charge is 0.456 e. The lowest BCUT2D eigenvalue weighted by Crippen LogP contribution is -2.16. The molecule has 0 unspecified atom stereocenters. The first kappa shape index (κ1) is 34.2. The molecule has 0 atom stereocenters. The fraction of sp³-hybridized carbons (Fsp3) is 0.0556. The van der Waals surface area contributed by atoms with E-state index in [1.807, 2.05) is 84.9 Å². The molecule has 0 bridgehead atoms. The van der Waals surface area contributed by atoms with Gasteiger partial charge in [-0.2, -0.15) is 0 Å². The van der Waals surface area contributed by atoms with Gasteiger partial charge < -0.3 is 13.7 Å². The number of hydrogen-bond donors (Lipinski definition) is 0. The summed E-state index contributed by atoms with van der Waals surface area (Å²) in [6.45, 7) is 4.66. The molecule has 3 heterocycles. The highest BCUT2D eigenvalue weighted by atomic mass is 16.3. The summed E-state index contributed by atoms with van der Waals surface area (Å²) in [6.07, 6.45) is 0. The molecule has 12 rings (SSSR count). The minimum absolute atomic E-state index is 0.167. The molecule has 6 nitrogen and oxygen atoms in total. The molecule has 3 aromatic heterocycles. The van der Waals surface area contributed by atoms with E-state index < -0.39 is 0 Å². The third-order valence-electron chi connectivity index (χ3n) is 12.1. The highest BCUT2D eigenvalue weighted by Crippen LogP contribution is 2.54. The second-order valence-electron chi connectivity index (χ2n) is 16.0. The van der Waals surface area contributed by atoms with E-state index in [1.165, 1.54) is 22.3 Å². The van der Waals surface area contributed by atoms with Crippen LogP contribution in [0.15, 0.2) is 191 Å². The number of anilines is 3. The summed E-state index contributed by atoms with van der Waals surface area (Å²) in [5, 5.41) is 4.06. The van der Waals surface area contributed by atoms with Crippen molar-refractivity contribution in [2.75, 3.05) is 4.90 Å². The lowest BCUT2D eigenvalue weighted by Gasteiger charge is -2.29. The maximum atomic E-state index is 6.63. The topological polar surface area (TPSA) is 68.2 Å². The van der Waals surface area contributed by atoms with E-state index in [4.69, 9.17) is 23.8 Å². The number of rotatable bonds is 6. The first-order valence-electron chi connectivity index (χ1n) is 20.3. The minimum atomic E-state index is -0.167. The van der Waals surface area contributed by atoms with Gasteiger partial charge in [0.05, 0.1) is 5.69 Å². The predicted molar refractivity (Wildman–Crippen MR) is 243 cm³/mol. The van der Waals surface area contributed by atoms with Gasteiger partial charge in [0.2, 0.25) is 0 Å². The summed E-state index contributed by atoms with van der Waals surface area (Å²) in [7, 11) is 0. The quantitative estimate of drug-likeness (QED) is 0.168. The number of nitrogens with zero attached hydrogens (tertiary/aromatic N) is 4. The highest BCUT2D eigenvalue weighted by Gasteiger charge is 2.38. The van der Waals surface area contributed by atoms with Crippen molar-refractivity contribution in [1.82, 2.24) is 15.0 Å². The van der Waals surface area contributed by atoms with Crippen LogP contribution in [0.3, 0.4) is 0 Å². The van der Waals surface area contributed by atoms with E-state index in [9.17, 15) is 0 Å². The Bertz CT molecular complexity index is 3420. The Morgan fingerprint density at radius 2 is 0.950 bits per heavy atom. The van der Waals surface area contributed by atoms with Crippen LogP contribution in [-0.4, -0.2) is 15.0 Å². The van der Waals surface area contributed by atoms with E-state index in [2.05, 4.69) is 116 Å². The molecule has 0 saturated carbocycles. The van der Waals surface area contributed by atoms with Gasteiger partial charge in [-0.3, -0.25) is 0 Å². The van der Waals surface area contributed by atoms with E-state index in [-0.39, 0.29) is 5.41 Å². The van der Waals surface area contributed by atoms with Gasteiger partial charge in [-0.15, -0.1) is 0 Å². The Balaban J connectivity index is 1.11. The van der Waals surface area contributed by atoms with Crippen molar-refractivity contribution in [3.63, 3.8) is 0 Å². The molecule has 1 aliphatic rings. The zero-order valence-electron chi connectivity index (χ0n) is 32.9. The first-order chi connectivity index (χ1) is 29.5. The summed E-state index contributed by atoms with van der Waals surface area (Å²) >= 11 is 0. The van der Waals surface area contributed by atoms with Crippen molar-refractivity contribution in [3.05, 3.63) is 193 Å². The van der Waals surface area contributed by atoms with E-state index in [0.717, 1.165) is 77.6 Å². The summed E-state index contributed by atoms with van der Waals surface area (Å²) in [5.41, 5.74) is 14.0. The van der Waals surface area contributed by atoms with Crippen LogP contribution in [0.2, 0.25) is 0 Å². The van der Waals surface area contributed by atoms with E-state index in [1.54, 1.807) is 0 Å². The van der Waals surface area contributed by atoms with Crippen molar-refractivity contribution >= 4 is 60.9 Å². The van der Waals surface area contributed by atoms with E-state index >= 15 is 0 Å². The molecule has 0 aliphatic heterocycles.